The number of likely N-dealkylation sites (N-methyl/N-ethyl adjacent to an activating group) is 1. The molecule has 0 saturated heterocycles. The van der Waals surface area contributed by atoms with Gasteiger partial charge in [0.25, 0.3) is 5.88 Å². The molecule has 0 aliphatic carbocycles. The van der Waals surface area contributed by atoms with Crippen LogP contribution in [-0.4, -0.2) is 68.4 Å². The van der Waals surface area contributed by atoms with Gasteiger partial charge < -0.3 is 28.4 Å². The number of carbonyl (C=O) groups excluding carboxylic acids is 1. The van der Waals surface area contributed by atoms with Crippen molar-refractivity contribution < 1.29 is 28.3 Å². The van der Waals surface area contributed by atoms with E-state index in [9.17, 15) is 4.79 Å². The normalized spacial score (nSPS) is 11.3. The maximum absolute atomic E-state index is 11.7. The number of amides is 1. The number of hydrogen-bond acceptors (Lipinski definition) is 7. The Morgan fingerprint density at radius 3 is 2.43 bits per heavy atom. The maximum Gasteiger partial charge on any atom is 0.410 e. The molecular formula is C15H26N2O6. The number of aromatic nitrogens is 1. The predicted octanol–water partition coefficient (Wildman–Crippen LogP) is 1.95. The lowest BCUT2D eigenvalue weighted by atomic mass is 10.2. The molecule has 0 atom stereocenters. The highest BCUT2D eigenvalue weighted by molar-refractivity contribution is 5.67. The highest BCUT2D eigenvalue weighted by Crippen LogP contribution is 2.08. The van der Waals surface area contributed by atoms with Crippen molar-refractivity contribution in [1.82, 2.24) is 10.1 Å². The molecule has 1 aromatic heterocycles. The second kappa shape index (κ2) is 10.1. The zero-order valence-corrected chi connectivity index (χ0v) is 14.2. The Morgan fingerprint density at radius 2 is 1.83 bits per heavy atom. The Morgan fingerprint density at radius 1 is 1.17 bits per heavy atom. The summed E-state index contributed by atoms with van der Waals surface area (Å²) >= 11 is 0. The molecule has 0 saturated carbocycles. The van der Waals surface area contributed by atoms with Gasteiger partial charge in [-0.1, -0.05) is 0 Å². The molecule has 1 heterocycles. The van der Waals surface area contributed by atoms with E-state index >= 15 is 0 Å². The third-order valence-electron chi connectivity index (χ3n) is 2.54. The van der Waals surface area contributed by atoms with Gasteiger partial charge in [0.05, 0.1) is 26.4 Å². The van der Waals surface area contributed by atoms with Crippen LogP contribution in [0, 0.1) is 0 Å². The monoisotopic (exact) mass is 330 g/mol. The molecule has 1 aromatic rings. The van der Waals surface area contributed by atoms with Crippen molar-refractivity contribution in [3.63, 3.8) is 0 Å². The zero-order chi connectivity index (χ0) is 17.1. The molecule has 0 bridgehead atoms. The Hall–Kier alpha value is -1.80. The summed E-state index contributed by atoms with van der Waals surface area (Å²) in [6, 6.07) is 1.63. The van der Waals surface area contributed by atoms with Gasteiger partial charge in [-0.05, 0) is 25.9 Å². The first-order valence-corrected chi connectivity index (χ1v) is 7.51. The van der Waals surface area contributed by atoms with Gasteiger partial charge in [0, 0.05) is 19.7 Å². The summed E-state index contributed by atoms with van der Waals surface area (Å²) in [6.07, 6.45) is 1.08. The number of rotatable bonds is 10. The third-order valence-corrected chi connectivity index (χ3v) is 2.54. The van der Waals surface area contributed by atoms with Crippen LogP contribution in [0.3, 0.4) is 0 Å². The van der Waals surface area contributed by atoms with E-state index in [1.807, 2.05) is 20.8 Å². The van der Waals surface area contributed by atoms with Crippen LogP contribution in [0.5, 0.6) is 5.88 Å². The SMILES string of the molecule is CN(CCOCCOCCOc1ccon1)C(=O)OC(C)(C)C. The summed E-state index contributed by atoms with van der Waals surface area (Å²) in [7, 11) is 1.68. The lowest BCUT2D eigenvalue weighted by molar-refractivity contribution is 0.0132. The molecule has 8 heteroatoms. The minimum absolute atomic E-state index is 0.359. The number of carbonyl (C=O) groups is 1. The van der Waals surface area contributed by atoms with E-state index in [1.54, 1.807) is 13.1 Å². The minimum atomic E-state index is -0.492. The molecule has 0 radical (unpaired) electrons. The molecule has 1 rings (SSSR count). The second-order valence-corrected chi connectivity index (χ2v) is 5.81. The van der Waals surface area contributed by atoms with Gasteiger partial charge in [-0.25, -0.2) is 4.79 Å². The van der Waals surface area contributed by atoms with Crippen LogP contribution in [0.25, 0.3) is 0 Å². The quantitative estimate of drug-likeness (QED) is 0.606. The lowest BCUT2D eigenvalue weighted by Gasteiger charge is -2.24. The van der Waals surface area contributed by atoms with Gasteiger partial charge in [0.15, 0.2) is 0 Å². The van der Waals surface area contributed by atoms with Crippen LogP contribution in [0.2, 0.25) is 0 Å². The smallest absolute Gasteiger partial charge is 0.410 e. The fraction of sp³-hybridized carbons (Fsp3) is 0.733. The molecule has 0 unspecified atom stereocenters. The van der Waals surface area contributed by atoms with E-state index in [2.05, 4.69) is 9.68 Å². The van der Waals surface area contributed by atoms with Crippen molar-refractivity contribution in [1.29, 1.82) is 0 Å². The predicted molar refractivity (Wildman–Crippen MR) is 82.5 cm³/mol. The van der Waals surface area contributed by atoms with Gasteiger partial charge >= 0.3 is 6.09 Å². The topological polar surface area (TPSA) is 83.3 Å². The molecule has 0 N–H and O–H groups in total. The van der Waals surface area contributed by atoms with Crippen LogP contribution < -0.4 is 4.74 Å². The Balaban J connectivity index is 1.91. The lowest BCUT2D eigenvalue weighted by Crippen LogP contribution is -2.36. The van der Waals surface area contributed by atoms with Crippen molar-refractivity contribution in [2.75, 3.05) is 46.6 Å². The number of ether oxygens (including phenoxy) is 4. The first-order chi connectivity index (χ1) is 10.9. The van der Waals surface area contributed by atoms with Crippen LogP contribution in [-0.2, 0) is 14.2 Å². The molecule has 0 fully saturated rings. The molecule has 0 spiro atoms. The largest absolute Gasteiger partial charge is 0.473 e. The molecular weight excluding hydrogens is 304 g/mol. The third kappa shape index (κ3) is 9.75. The highest BCUT2D eigenvalue weighted by atomic mass is 16.6. The molecule has 1 amide bonds. The molecule has 0 aromatic carbocycles. The Labute approximate surface area is 136 Å². The van der Waals surface area contributed by atoms with E-state index in [4.69, 9.17) is 18.9 Å². The Bertz CT molecular complexity index is 430. The Kier molecular flexibility index (Phi) is 8.42. The average Bonchev–Trinajstić information content (AvgIpc) is 2.96. The van der Waals surface area contributed by atoms with Crippen molar-refractivity contribution in [3.05, 3.63) is 12.3 Å². The van der Waals surface area contributed by atoms with E-state index in [0.717, 1.165) is 0 Å². The van der Waals surface area contributed by atoms with Crippen molar-refractivity contribution >= 4 is 6.09 Å². The van der Waals surface area contributed by atoms with Crippen molar-refractivity contribution in [2.24, 2.45) is 0 Å². The number of hydrogen-bond donors (Lipinski definition) is 0. The van der Waals surface area contributed by atoms with Gasteiger partial charge in [0.1, 0.15) is 18.5 Å². The molecule has 23 heavy (non-hydrogen) atoms. The zero-order valence-electron chi connectivity index (χ0n) is 14.2. The van der Waals surface area contributed by atoms with Crippen LogP contribution in [0.1, 0.15) is 20.8 Å². The van der Waals surface area contributed by atoms with E-state index < -0.39 is 5.60 Å². The fourth-order valence-electron chi connectivity index (χ4n) is 1.44. The van der Waals surface area contributed by atoms with Crippen molar-refractivity contribution in [2.45, 2.75) is 26.4 Å². The first kappa shape index (κ1) is 19.2. The van der Waals surface area contributed by atoms with Crippen LogP contribution in [0.4, 0.5) is 4.79 Å². The van der Waals surface area contributed by atoms with Gasteiger partial charge in [-0.3, -0.25) is 0 Å². The maximum atomic E-state index is 11.7. The van der Waals surface area contributed by atoms with Gasteiger partial charge in [0.2, 0.25) is 0 Å². The van der Waals surface area contributed by atoms with Crippen LogP contribution in [0.15, 0.2) is 16.9 Å². The molecule has 132 valence electrons. The van der Waals surface area contributed by atoms with Gasteiger partial charge in [-0.2, -0.15) is 0 Å². The standard InChI is InChI=1S/C15H26N2O6/c1-15(2,3)23-14(18)17(4)6-8-19-9-10-20-11-12-21-13-5-7-22-16-13/h5,7H,6,8-12H2,1-4H3. The van der Waals surface area contributed by atoms with Gasteiger partial charge in [-0.15, -0.1) is 0 Å². The van der Waals surface area contributed by atoms with E-state index in [1.165, 1.54) is 11.2 Å². The number of nitrogens with zero attached hydrogens (tertiary/aromatic N) is 2. The molecule has 8 nitrogen and oxygen atoms in total. The summed E-state index contributed by atoms with van der Waals surface area (Å²) in [6.45, 7) is 8.13. The van der Waals surface area contributed by atoms with Crippen molar-refractivity contribution in [3.8, 4) is 5.88 Å². The fourth-order valence-corrected chi connectivity index (χ4v) is 1.44. The average molecular weight is 330 g/mol. The highest BCUT2D eigenvalue weighted by Gasteiger charge is 2.19. The summed E-state index contributed by atoms with van der Waals surface area (Å²) in [5.74, 6) is 0.440. The molecule has 0 aliphatic heterocycles. The second-order valence-electron chi connectivity index (χ2n) is 5.81. The summed E-state index contributed by atoms with van der Waals surface area (Å²) in [5.41, 5.74) is -0.492. The van der Waals surface area contributed by atoms with E-state index in [0.29, 0.717) is 45.5 Å². The molecule has 0 aliphatic rings. The summed E-state index contributed by atoms with van der Waals surface area (Å²) in [4.78, 5) is 13.2. The summed E-state index contributed by atoms with van der Waals surface area (Å²) in [5, 5.41) is 3.61. The van der Waals surface area contributed by atoms with Crippen LogP contribution >= 0.6 is 0 Å². The minimum Gasteiger partial charge on any atom is -0.473 e. The summed E-state index contributed by atoms with van der Waals surface area (Å²) < 4.78 is 25.8. The first-order valence-electron chi connectivity index (χ1n) is 7.51. The van der Waals surface area contributed by atoms with E-state index in [-0.39, 0.29) is 6.09 Å².